The van der Waals surface area contributed by atoms with Crippen molar-refractivity contribution in [1.82, 2.24) is 0 Å². The number of aliphatic hydroxyl groups excluding tert-OH is 3. The molecule has 41 heavy (non-hydrogen) atoms. The Labute approximate surface area is 238 Å². The molecule has 3 aliphatic carbocycles. The van der Waals surface area contributed by atoms with Gasteiger partial charge in [0.2, 0.25) is 0 Å². The number of carbonyl (C=O) groups excluding carboxylic acids is 4. The van der Waals surface area contributed by atoms with Crippen molar-refractivity contribution < 1.29 is 63.7 Å². The Balaban J connectivity index is 2.56. The summed E-state index contributed by atoms with van der Waals surface area (Å²) in [6.07, 6.45) is -10.3. The second-order valence-corrected chi connectivity index (χ2v) is 12.3. The van der Waals surface area contributed by atoms with Crippen LogP contribution in [0.25, 0.3) is 0 Å². The molecule has 0 spiro atoms. The molecule has 3 aliphatic rings. The van der Waals surface area contributed by atoms with Gasteiger partial charge in [-0.2, -0.15) is 0 Å². The van der Waals surface area contributed by atoms with Gasteiger partial charge >= 0.3 is 23.9 Å². The lowest BCUT2D eigenvalue weighted by Gasteiger charge is -2.66. The Kier molecular flexibility index (Phi) is 8.77. The molecule has 0 amide bonds. The molecule has 0 aromatic heterocycles. The average molecular weight is 587 g/mol. The molecule has 5 N–H and O–H groups in total. The topological polar surface area (TPSA) is 206 Å². The summed E-state index contributed by atoms with van der Waals surface area (Å²) in [4.78, 5) is 49.5. The minimum atomic E-state index is -2.54. The third-order valence-electron chi connectivity index (χ3n) is 9.51. The molecule has 232 valence electrons. The number of hydrogen-bond donors (Lipinski definition) is 5. The van der Waals surface area contributed by atoms with Crippen molar-refractivity contribution in [3.05, 3.63) is 11.1 Å². The molecule has 0 saturated heterocycles. The van der Waals surface area contributed by atoms with E-state index in [1.54, 1.807) is 20.8 Å². The number of esters is 4. The Morgan fingerprint density at radius 2 is 1.37 bits per heavy atom. The minimum Gasteiger partial charge on any atom is -0.462 e. The van der Waals surface area contributed by atoms with Crippen molar-refractivity contribution in [2.75, 3.05) is 6.61 Å². The van der Waals surface area contributed by atoms with Crippen LogP contribution in [-0.4, -0.2) is 104 Å². The van der Waals surface area contributed by atoms with E-state index in [4.69, 9.17) is 18.9 Å². The maximum Gasteiger partial charge on any atom is 0.303 e. The van der Waals surface area contributed by atoms with E-state index in [1.807, 2.05) is 0 Å². The lowest BCUT2D eigenvalue weighted by molar-refractivity contribution is -0.316. The molecule has 3 rings (SSSR count). The zero-order chi connectivity index (χ0) is 31.5. The van der Waals surface area contributed by atoms with Crippen molar-refractivity contribution in [2.24, 2.45) is 16.7 Å². The third kappa shape index (κ3) is 5.05. The van der Waals surface area contributed by atoms with Crippen LogP contribution in [-0.2, 0) is 38.1 Å². The molecule has 0 radical (unpaired) electrons. The van der Waals surface area contributed by atoms with Crippen molar-refractivity contribution in [1.29, 1.82) is 0 Å². The number of aliphatic hydroxyl groups is 5. The van der Waals surface area contributed by atoms with E-state index in [0.717, 1.165) is 27.7 Å². The zero-order valence-corrected chi connectivity index (χ0v) is 24.7. The van der Waals surface area contributed by atoms with Crippen LogP contribution in [0.15, 0.2) is 11.1 Å². The van der Waals surface area contributed by atoms with Gasteiger partial charge in [0.15, 0.2) is 12.2 Å². The molecular weight excluding hydrogens is 544 g/mol. The summed E-state index contributed by atoms with van der Waals surface area (Å²) in [6, 6.07) is 0. The smallest absolute Gasteiger partial charge is 0.303 e. The highest BCUT2D eigenvalue weighted by atomic mass is 16.6. The van der Waals surface area contributed by atoms with Gasteiger partial charge in [-0.25, -0.2) is 0 Å². The van der Waals surface area contributed by atoms with Gasteiger partial charge in [0.1, 0.15) is 23.4 Å². The van der Waals surface area contributed by atoms with E-state index < -0.39 is 101 Å². The molecule has 0 unspecified atom stereocenters. The fourth-order valence-corrected chi connectivity index (χ4v) is 7.57. The number of fused-ring (bicyclic) bond motifs is 3. The summed E-state index contributed by atoms with van der Waals surface area (Å²) >= 11 is 0. The van der Waals surface area contributed by atoms with Crippen LogP contribution in [0.2, 0.25) is 0 Å². The van der Waals surface area contributed by atoms with Crippen LogP contribution >= 0.6 is 0 Å². The van der Waals surface area contributed by atoms with Crippen molar-refractivity contribution in [3.63, 3.8) is 0 Å². The average Bonchev–Trinajstić information content (AvgIpc) is 2.82. The van der Waals surface area contributed by atoms with E-state index in [-0.39, 0.29) is 12.0 Å². The highest BCUT2D eigenvalue weighted by Crippen LogP contribution is 2.63. The summed E-state index contributed by atoms with van der Waals surface area (Å²) in [5.74, 6) is -4.95. The predicted molar refractivity (Wildman–Crippen MR) is 139 cm³/mol. The van der Waals surface area contributed by atoms with Gasteiger partial charge in [0, 0.05) is 51.9 Å². The quantitative estimate of drug-likeness (QED) is 0.159. The zero-order valence-electron chi connectivity index (χ0n) is 24.7. The second kappa shape index (κ2) is 10.9. The lowest BCUT2D eigenvalue weighted by atomic mass is 9.45. The highest BCUT2D eigenvalue weighted by Gasteiger charge is 2.74. The first-order valence-corrected chi connectivity index (χ1v) is 13.5. The second-order valence-electron chi connectivity index (χ2n) is 12.3. The van der Waals surface area contributed by atoms with Gasteiger partial charge in [-0.15, -0.1) is 0 Å². The summed E-state index contributed by atoms with van der Waals surface area (Å²) < 4.78 is 22.7. The van der Waals surface area contributed by atoms with Crippen LogP contribution < -0.4 is 0 Å². The van der Waals surface area contributed by atoms with Gasteiger partial charge in [-0.3, -0.25) is 19.2 Å². The third-order valence-corrected chi connectivity index (χ3v) is 9.51. The maximum atomic E-state index is 12.6. The molecule has 13 heteroatoms. The van der Waals surface area contributed by atoms with E-state index >= 15 is 0 Å². The van der Waals surface area contributed by atoms with E-state index in [0.29, 0.717) is 5.57 Å². The normalized spacial score (nSPS) is 41.7. The fraction of sp³-hybridized carbons (Fsp3) is 0.786. The highest BCUT2D eigenvalue weighted by molar-refractivity contribution is 5.69. The molecule has 2 saturated carbocycles. The van der Waals surface area contributed by atoms with Gasteiger partial charge < -0.3 is 44.5 Å². The van der Waals surface area contributed by atoms with Gasteiger partial charge in [-0.1, -0.05) is 20.8 Å². The van der Waals surface area contributed by atoms with Crippen molar-refractivity contribution >= 4 is 23.9 Å². The first kappa shape index (κ1) is 32.9. The molecule has 2 fully saturated rings. The molecule has 10 atom stereocenters. The Hall–Kier alpha value is -2.58. The number of ether oxygens (including phenoxy) is 4. The molecule has 13 nitrogen and oxygen atoms in total. The molecule has 0 heterocycles. The number of hydrogen-bond acceptors (Lipinski definition) is 13. The summed E-state index contributed by atoms with van der Waals surface area (Å²) in [5, 5.41) is 58.1. The van der Waals surface area contributed by atoms with E-state index in [2.05, 4.69) is 0 Å². The molecular formula is C28H42O13. The van der Waals surface area contributed by atoms with Crippen molar-refractivity contribution in [2.45, 2.75) is 116 Å². The predicted octanol–water partition coefficient (Wildman–Crippen LogP) is -0.324. The van der Waals surface area contributed by atoms with Crippen LogP contribution in [0.3, 0.4) is 0 Å². The summed E-state index contributed by atoms with van der Waals surface area (Å²) in [5.41, 5.74) is -7.67. The van der Waals surface area contributed by atoms with E-state index in [9.17, 15) is 44.7 Å². The molecule has 0 aliphatic heterocycles. The molecule has 2 bridgehead atoms. The van der Waals surface area contributed by atoms with Gasteiger partial charge in [0.25, 0.3) is 0 Å². The van der Waals surface area contributed by atoms with Crippen LogP contribution in [0, 0.1) is 16.7 Å². The largest absolute Gasteiger partial charge is 0.462 e. The van der Waals surface area contributed by atoms with Crippen molar-refractivity contribution in [3.8, 4) is 0 Å². The molecule has 0 aromatic carbocycles. The van der Waals surface area contributed by atoms with Gasteiger partial charge in [0.05, 0.1) is 24.2 Å². The van der Waals surface area contributed by atoms with Crippen LogP contribution in [0.4, 0.5) is 0 Å². The number of rotatable bonds is 5. The molecule has 0 aromatic rings. The van der Waals surface area contributed by atoms with Crippen LogP contribution in [0.1, 0.15) is 68.2 Å². The first-order valence-electron chi connectivity index (χ1n) is 13.5. The Morgan fingerprint density at radius 3 is 1.83 bits per heavy atom. The Bertz CT molecular complexity index is 1130. The summed E-state index contributed by atoms with van der Waals surface area (Å²) in [7, 11) is 0. The van der Waals surface area contributed by atoms with Gasteiger partial charge in [-0.05, 0) is 18.1 Å². The lowest BCUT2D eigenvalue weighted by Crippen LogP contribution is -2.78. The van der Waals surface area contributed by atoms with Crippen LogP contribution in [0.5, 0.6) is 0 Å². The van der Waals surface area contributed by atoms with E-state index in [1.165, 1.54) is 6.92 Å². The first-order chi connectivity index (χ1) is 18.7. The maximum absolute atomic E-state index is 12.6. The Morgan fingerprint density at radius 1 is 0.854 bits per heavy atom. The fourth-order valence-electron chi connectivity index (χ4n) is 7.57. The SMILES string of the molecule is CC(=O)O[C@H]1C[C@@]2(O)[C@@H](O)[C@@H]3[C@](O)(CO)[C@@H](O)C[C@H](OC(C)=O)[C@@]3(C)[C@@H](OC(C)=O)[C@H](OC(C)=O)C(=C1C)C2(C)C. The monoisotopic (exact) mass is 586 g/mol. The standard InChI is InChI=1S/C28H42O13/c1-12-17(38-13(2)30)10-28(37)23(35)22-26(8,19(39-14(3)31)9-18(34)27(22,36)11-29)24(41-16(5)33)21(40-15(4)32)20(12)25(28,6)7/h17-19,21-24,29,34-37H,9-11H2,1-8H3/t17-,18-,19-,21+,22-,23-,24-,26+,27-,28+/m0/s1. The minimum absolute atomic E-state index is 0.179. The number of carbonyl (C=O) groups is 4. The summed E-state index contributed by atoms with van der Waals surface area (Å²) in [6.45, 7) is 9.42.